The summed E-state index contributed by atoms with van der Waals surface area (Å²) in [5, 5.41) is 0. The van der Waals surface area contributed by atoms with Gasteiger partial charge in [0.1, 0.15) is 5.82 Å². The van der Waals surface area contributed by atoms with Crippen molar-refractivity contribution in [3.8, 4) is 0 Å². The molecule has 0 radical (unpaired) electrons. The Labute approximate surface area is 112 Å². The van der Waals surface area contributed by atoms with Crippen LogP contribution in [0.15, 0.2) is 32.9 Å². The number of nitrogens with zero attached hydrogens (tertiary/aromatic N) is 2. The molecule has 1 aliphatic rings. The van der Waals surface area contributed by atoms with Gasteiger partial charge in [-0.1, -0.05) is 9.83 Å². The fourth-order valence-electron chi connectivity index (χ4n) is 1.89. The summed E-state index contributed by atoms with van der Waals surface area (Å²) in [6.45, 7) is 0.787. The Morgan fingerprint density at radius 2 is 1.84 bits per heavy atom. The van der Waals surface area contributed by atoms with Crippen LogP contribution in [-0.2, 0) is 19.9 Å². The maximum absolute atomic E-state index is 13.1. The summed E-state index contributed by atoms with van der Waals surface area (Å²) in [6.07, 6.45) is 2.76. The molecule has 5 nitrogen and oxygen atoms in total. The van der Waals surface area contributed by atoms with Gasteiger partial charge in [-0.25, -0.2) is 8.60 Å². The van der Waals surface area contributed by atoms with Crippen molar-refractivity contribution in [3.05, 3.63) is 30.1 Å². The zero-order valence-corrected chi connectivity index (χ0v) is 12.1. The minimum absolute atomic E-state index is 0.0790. The lowest BCUT2D eigenvalue weighted by molar-refractivity contribution is 0.479. The zero-order chi connectivity index (χ0) is 14.1. The molecule has 0 aromatic heterocycles. The van der Waals surface area contributed by atoms with E-state index in [1.807, 2.05) is 0 Å². The maximum Gasteiger partial charge on any atom is 0.330 e. The summed E-state index contributed by atoms with van der Waals surface area (Å²) < 4.78 is 54.2. The molecule has 8 heteroatoms. The summed E-state index contributed by atoms with van der Waals surface area (Å²) in [4.78, 5) is 0.0790. The number of rotatable bonds is 3. The minimum Gasteiger partial charge on any atom is -0.244 e. The Morgan fingerprint density at radius 3 is 2.42 bits per heavy atom. The van der Waals surface area contributed by atoms with Crippen molar-refractivity contribution < 1.29 is 17.0 Å². The van der Waals surface area contributed by atoms with Crippen LogP contribution in [0.3, 0.4) is 0 Å². The van der Waals surface area contributed by atoms with Gasteiger partial charge in [-0.15, -0.1) is 0 Å². The van der Waals surface area contributed by atoms with Crippen LogP contribution in [-0.4, -0.2) is 36.3 Å². The van der Waals surface area contributed by atoms with Gasteiger partial charge in [-0.05, 0) is 31.0 Å². The number of benzene rings is 1. The largest absolute Gasteiger partial charge is 0.330 e. The first kappa shape index (κ1) is 14.4. The Bertz CT molecular complexity index is 688. The molecule has 0 N–H and O–H groups in total. The van der Waals surface area contributed by atoms with E-state index in [9.17, 15) is 17.0 Å². The van der Waals surface area contributed by atoms with Gasteiger partial charge in [0.2, 0.25) is 0 Å². The predicted octanol–water partition coefficient (Wildman–Crippen LogP) is 1.62. The fraction of sp³-hybridized carbons (Fsp3) is 0.455. The Balaban J connectivity index is 2.43. The van der Waals surface area contributed by atoms with Crippen LogP contribution in [0.25, 0.3) is 0 Å². The van der Waals surface area contributed by atoms with Crippen molar-refractivity contribution >= 4 is 19.9 Å². The van der Waals surface area contributed by atoms with E-state index in [0.29, 0.717) is 13.1 Å². The highest BCUT2D eigenvalue weighted by molar-refractivity contribution is 8.02. The van der Waals surface area contributed by atoms with E-state index in [0.717, 1.165) is 18.9 Å². The molecule has 0 bridgehead atoms. The average molecular weight is 306 g/mol. The van der Waals surface area contributed by atoms with Gasteiger partial charge in [0.05, 0.1) is 14.6 Å². The summed E-state index contributed by atoms with van der Waals surface area (Å²) in [5.74, 6) is -0.569. The first-order valence-electron chi connectivity index (χ1n) is 5.80. The van der Waals surface area contributed by atoms with E-state index in [4.69, 9.17) is 0 Å². The molecule has 1 fully saturated rings. The van der Waals surface area contributed by atoms with Crippen molar-refractivity contribution in [1.29, 1.82) is 0 Å². The van der Waals surface area contributed by atoms with Gasteiger partial charge in [-0.3, -0.25) is 0 Å². The third-order valence-corrected chi connectivity index (χ3v) is 6.90. The first-order chi connectivity index (χ1) is 8.81. The van der Waals surface area contributed by atoms with Crippen LogP contribution in [0.5, 0.6) is 0 Å². The van der Waals surface area contributed by atoms with Crippen LogP contribution < -0.4 is 0 Å². The average Bonchev–Trinajstić information content (AvgIpc) is 2.81. The minimum atomic E-state index is -3.92. The lowest BCUT2D eigenvalue weighted by atomic mass is 10.4. The van der Waals surface area contributed by atoms with E-state index >= 15 is 0 Å². The highest BCUT2D eigenvalue weighted by atomic mass is 32.3. The number of hydrogen-bond acceptors (Lipinski definition) is 3. The normalized spacial score (nSPS) is 20.1. The standard InChI is InChI=1S/C11H15FN2O3S2/c1-18(15,11-6-4-5-10(12)9-11)13-19(16,17)14-7-2-3-8-14/h4-6,9H,2-3,7-8H2,1H3. The molecule has 19 heavy (non-hydrogen) atoms. The van der Waals surface area contributed by atoms with Crippen molar-refractivity contribution in [1.82, 2.24) is 4.31 Å². The van der Waals surface area contributed by atoms with Crippen molar-refractivity contribution in [2.45, 2.75) is 17.7 Å². The van der Waals surface area contributed by atoms with Crippen LogP contribution in [0.2, 0.25) is 0 Å². The van der Waals surface area contributed by atoms with Crippen LogP contribution in [0.1, 0.15) is 12.8 Å². The van der Waals surface area contributed by atoms with Gasteiger partial charge in [0.25, 0.3) is 0 Å². The molecule has 0 aliphatic carbocycles. The number of hydrogen-bond donors (Lipinski definition) is 0. The lowest BCUT2D eigenvalue weighted by Crippen LogP contribution is -2.26. The second kappa shape index (κ2) is 5.18. The molecule has 1 atom stereocenters. The second-order valence-electron chi connectivity index (χ2n) is 4.42. The molecule has 1 aromatic rings. The third kappa shape index (κ3) is 3.31. The monoisotopic (exact) mass is 306 g/mol. The van der Waals surface area contributed by atoms with Gasteiger partial charge >= 0.3 is 10.2 Å². The highest BCUT2D eigenvalue weighted by Gasteiger charge is 2.26. The summed E-state index contributed by atoms with van der Waals surface area (Å²) in [6, 6.07) is 5.04. The van der Waals surface area contributed by atoms with Gasteiger partial charge in [0, 0.05) is 19.3 Å². The molecule has 0 amide bonds. The SMILES string of the molecule is CS(=O)(=NS(=O)(=O)N1CCCC1)c1cccc(F)c1. The predicted molar refractivity (Wildman–Crippen MR) is 70.9 cm³/mol. The van der Waals surface area contributed by atoms with E-state index in [2.05, 4.69) is 3.77 Å². The molecule has 2 rings (SSSR count). The van der Waals surface area contributed by atoms with Crippen molar-refractivity contribution in [2.24, 2.45) is 3.77 Å². The summed E-state index contributed by atoms with van der Waals surface area (Å²) in [7, 11) is -7.09. The lowest BCUT2D eigenvalue weighted by Gasteiger charge is -2.12. The molecule has 0 saturated carbocycles. The first-order valence-corrected chi connectivity index (χ1v) is 9.12. The van der Waals surface area contributed by atoms with Crippen LogP contribution in [0, 0.1) is 5.82 Å². The Kier molecular flexibility index (Phi) is 3.93. The molecule has 1 unspecified atom stereocenters. The van der Waals surface area contributed by atoms with Crippen LogP contribution in [0.4, 0.5) is 4.39 Å². The van der Waals surface area contributed by atoms with Crippen LogP contribution >= 0.6 is 0 Å². The van der Waals surface area contributed by atoms with Gasteiger partial charge in [0.15, 0.2) is 0 Å². The topological polar surface area (TPSA) is 66.8 Å². The van der Waals surface area contributed by atoms with E-state index < -0.39 is 25.8 Å². The summed E-state index contributed by atoms with van der Waals surface area (Å²) >= 11 is 0. The van der Waals surface area contributed by atoms with Crippen molar-refractivity contribution in [3.63, 3.8) is 0 Å². The fourth-order valence-corrected chi connectivity index (χ4v) is 5.43. The zero-order valence-electron chi connectivity index (χ0n) is 10.5. The molecule has 1 heterocycles. The molecule has 1 aliphatic heterocycles. The molecular formula is C11H15FN2O3S2. The Hall–Kier alpha value is -0.990. The van der Waals surface area contributed by atoms with E-state index in [-0.39, 0.29) is 4.90 Å². The smallest absolute Gasteiger partial charge is 0.244 e. The second-order valence-corrected chi connectivity index (χ2v) is 8.50. The molecular weight excluding hydrogens is 291 g/mol. The molecule has 0 spiro atoms. The maximum atomic E-state index is 13.1. The van der Waals surface area contributed by atoms with E-state index in [1.165, 1.54) is 28.8 Å². The van der Waals surface area contributed by atoms with E-state index in [1.54, 1.807) is 0 Å². The van der Waals surface area contributed by atoms with Crippen molar-refractivity contribution in [2.75, 3.05) is 19.3 Å². The van der Waals surface area contributed by atoms with Gasteiger partial charge in [-0.2, -0.15) is 12.7 Å². The Morgan fingerprint density at radius 1 is 1.21 bits per heavy atom. The summed E-state index contributed by atoms with van der Waals surface area (Å²) in [5.41, 5.74) is 0. The van der Waals surface area contributed by atoms with Gasteiger partial charge < -0.3 is 0 Å². The molecule has 1 saturated heterocycles. The number of halogens is 1. The molecule has 106 valence electrons. The molecule has 1 aromatic carbocycles. The third-order valence-electron chi connectivity index (χ3n) is 2.86. The quantitative estimate of drug-likeness (QED) is 0.852. The highest BCUT2D eigenvalue weighted by Crippen LogP contribution is 2.19.